The molecule has 0 heterocycles. The molecule has 2 N–H and O–H groups in total. The van der Waals surface area contributed by atoms with E-state index >= 15 is 0 Å². The highest BCUT2D eigenvalue weighted by molar-refractivity contribution is 4.94. The van der Waals surface area contributed by atoms with Gasteiger partial charge >= 0.3 is 0 Å². The van der Waals surface area contributed by atoms with Crippen LogP contribution in [0.5, 0.6) is 0 Å². The van der Waals surface area contributed by atoms with E-state index in [4.69, 9.17) is 10.2 Å². The Morgan fingerprint density at radius 1 is 1.71 bits per heavy atom. The van der Waals surface area contributed by atoms with Crippen molar-refractivity contribution >= 4 is 0 Å². The molecule has 0 saturated carbocycles. The predicted molar refractivity (Wildman–Crippen MR) is 26.0 cm³/mol. The normalized spacial score (nSPS) is 11.7. The van der Waals surface area contributed by atoms with Gasteiger partial charge in [0.25, 0.3) is 0 Å². The number of aliphatic hydroxyl groups is 2. The molecule has 0 aliphatic heterocycles. The van der Waals surface area contributed by atoms with E-state index in [-0.39, 0.29) is 12.5 Å². The molecule has 2 nitrogen and oxygen atoms in total. The van der Waals surface area contributed by atoms with Gasteiger partial charge in [-0.15, -0.1) is 0 Å². The van der Waals surface area contributed by atoms with Gasteiger partial charge in [0.15, 0.2) is 0 Å². The van der Waals surface area contributed by atoms with Crippen LogP contribution < -0.4 is 0 Å². The van der Waals surface area contributed by atoms with Gasteiger partial charge in [0.1, 0.15) is 6.11 Å². The van der Waals surface area contributed by atoms with Crippen LogP contribution in [0, 0.1) is 17.9 Å². The van der Waals surface area contributed by atoms with Gasteiger partial charge in [-0.2, -0.15) is 0 Å². The third-order valence-corrected chi connectivity index (χ3v) is 0.585. The van der Waals surface area contributed by atoms with Crippen molar-refractivity contribution in [1.82, 2.24) is 0 Å². The summed E-state index contributed by atoms with van der Waals surface area (Å²) in [7, 11) is 0. The van der Waals surface area contributed by atoms with Crippen LogP contribution in [0.15, 0.2) is 0 Å². The van der Waals surface area contributed by atoms with Crippen LogP contribution >= 0.6 is 0 Å². The summed E-state index contributed by atoms with van der Waals surface area (Å²) in [5.41, 5.74) is 0. The maximum atomic E-state index is 8.25. The Morgan fingerprint density at radius 3 is 2.43 bits per heavy atom. The third-order valence-electron chi connectivity index (χ3n) is 0.585. The van der Waals surface area contributed by atoms with Gasteiger partial charge in [0, 0.05) is 5.92 Å². The van der Waals surface area contributed by atoms with Gasteiger partial charge in [-0.05, 0) is 6.92 Å². The van der Waals surface area contributed by atoms with Crippen LogP contribution in [0.3, 0.4) is 0 Å². The lowest BCUT2D eigenvalue weighted by molar-refractivity contribution is 0.265. The van der Waals surface area contributed by atoms with Gasteiger partial charge in [0.2, 0.25) is 0 Å². The second-order valence-corrected chi connectivity index (χ2v) is 1.34. The van der Waals surface area contributed by atoms with E-state index in [0.717, 1.165) is 0 Å². The summed E-state index contributed by atoms with van der Waals surface area (Å²) in [4.78, 5) is 0. The fourth-order valence-corrected chi connectivity index (χ4v) is 0.156. The average Bonchev–Trinajstić information content (AvgIpc) is 1.68. The lowest BCUT2D eigenvalue weighted by Gasteiger charge is -1.90. The van der Waals surface area contributed by atoms with Crippen LogP contribution in [0.2, 0.25) is 0 Å². The van der Waals surface area contributed by atoms with Crippen molar-refractivity contribution in [2.45, 2.75) is 6.92 Å². The van der Waals surface area contributed by atoms with Crippen LogP contribution in [-0.2, 0) is 0 Å². The Kier molecular flexibility index (Phi) is 3.17. The first-order valence-electron chi connectivity index (χ1n) is 2.06. The fraction of sp³-hybridized carbons (Fsp3) is 0.600. The molecule has 0 rings (SSSR count). The fourth-order valence-electron chi connectivity index (χ4n) is 0.156. The molecule has 0 aliphatic carbocycles. The zero-order valence-corrected chi connectivity index (χ0v) is 4.18. The zero-order chi connectivity index (χ0) is 5.70. The first-order valence-corrected chi connectivity index (χ1v) is 2.06. The topological polar surface area (TPSA) is 40.5 Å². The van der Waals surface area contributed by atoms with Crippen molar-refractivity contribution in [2.75, 3.05) is 6.61 Å². The molecule has 0 radical (unpaired) electrons. The van der Waals surface area contributed by atoms with Crippen LogP contribution in [0.1, 0.15) is 6.92 Å². The largest absolute Gasteiger partial charge is 0.462 e. The minimum Gasteiger partial charge on any atom is -0.462 e. The van der Waals surface area contributed by atoms with Gasteiger partial charge in [-0.3, -0.25) is 0 Å². The lowest BCUT2D eigenvalue weighted by Crippen LogP contribution is -1.94. The van der Waals surface area contributed by atoms with Crippen LogP contribution in [0.25, 0.3) is 0 Å². The molecule has 1 atom stereocenters. The molecule has 0 bridgehead atoms. The van der Waals surface area contributed by atoms with E-state index in [2.05, 4.69) is 5.92 Å². The molecular weight excluding hydrogens is 92.1 g/mol. The number of rotatable bonds is 1. The van der Waals surface area contributed by atoms with Gasteiger partial charge in [0.05, 0.1) is 6.61 Å². The zero-order valence-electron chi connectivity index (χ0n) is 4.18. The summed E-state index contributed by atoms with van der Waals surface area (Å²) in [6.07, 6.45) is 1.71. The van der Waals surface area contributed by atoms with E-state index in [0.29, 0.717) is 0 Å². The third kappa shape index (κ3) is 3.14. The SMILES string of the molecule is CC(C#CO)CO. The summed E-state index contributed by atoms with van der Waals surface area (Å²) in [6, 6.07) is 0. The van der Waals surface area contributed by atoms with Crippen LogP contribution in [0.4, 0.5) is 0 Å². The summed E-state index contributed by atoms with van der Waals surface area (Å²) < 4.78 is 0. The lowest BCUT2D eigenvalue weighted by atomic mass is 10.2. The highest BCUT2D eigenvalue weighted by Crippen LogP contribution is 1.85. The van der Waals surface area contributed by atoms with Crippen molar-refractivity contribution in [3.63, 3.8) is 0 Å². The first-order chi connectivity index (χ1) is 3.31. The number of hydrogen-bond acceptors (Lipinski definition) is 2. The monoisotopic (exact) mass is 100 g/mol. The molecular formula is C5H8O2. The van der Waals surface area contributed by atoms with E-state index in [1.807, 2.05) is 0 Å². The van der Waals surface area contributed by atoms with Crippen molar-refractivity contribution in [2.24, 2.45) is 5.92 Å². The Morgan fingerprint density at radius 2 is 2.29 bits per heavy atom. The molecule has 0 aromatic rings. The second-order valence-electron chi connectivity index (χ2n) is 1.34. The molecule has 2 heteroatoms. The summed E-state index contributed by atoms with van der Waals surface area (Å²) in [5.74, 6) is 2.24. The number of hydrogen-bond donors (Lipinski definition) is 2. The number of aliphatic hydroxyl groups excluding tert-OH is 2. The van der Waals surface area contributed by atoms with E-state index in [9.17, 15) is 0 Å². The van der Waals surface area contributed by atoms with Crippen molar-refractivity contribution in [1.29, 1.82) is 0 Å². The highest BCUT2D eigenvalue weighted by atomic mass is 16.3. The molecule has 0 aromatic carbocycles. The molecule has 0 aliphatic rings. The first kappa shape index (κ1) is 6.32. The van der Waals surface area contributed by atoms with E-state index < -0.39 is 0 Å². The van der Waals surface area contributed by atoms with E-state index in [1.54, 1.807) is 13.0 Å². The van der Waals surface area contributed by atoms with Gasteiger partial charge < -0.3 is 10.2 Å². The van der Waals surface area contributed by atoms with Crippen molar-refractivity contribution < 1.29 is 10.2 Å². The molecule has 0 saturated heterocycles. The van der Waals surface area contributed by atoms with E-state index in [1.165, 1.54) is 0 Å². The molecule has 0 spiro atoms. The van der Waals surface area contributed by atoms with Gasteiger partial charge in [-0.1, -0.05) is 5.92 Å². The average molecular weight is 100 g/mol. The summed E-state index contributed by atoms with van der Waals surface area (Å²) in [5, 5.41) is 16.1. The second kappa shape index (κ2) is 3.51. The van der Waals surface area contributed by atoms with Crippen molar-refractivity contribution in [3.05, 3.63) is 0 Å². The molecule has 0 aromatic heterocycles. The Labute approximate surface area is 42.8 Å². The summed E-state index contributed by atoms with van der Waals surface area (Å²) >= 11 is 0. The van der Waals surface area contributed by atoms with Gasteiger partial charge in [-0.25, -0.2) is 0 Å². The standard InChI is InChI=1S/C5H8O2/c1-5(4-7)2-3-6/h5-7H,4H2,1H3. The molecule has 7 heavy (non-hydrogen) atoms. The van der Waals surface area contributed by atoms with Crippen molar-refractivity contribution in [3.8, 4) is 12.0 Å². The Bertz CT molecular complexity index is 88.0. The quantitative estimate of drug-likeness (QED) is 0.453. The minimum absolute atomic E-state index is 0.00750. The Hall–Kier alpha value is -0.680. The summed E-state index contributed by atoms with van der Waals surface area (Å²) in [6.45, 7) is 1.73. The predicted octanol–water partition coefficient (Wildman–Crippen LogP) is -0.0518. The minimum atomic E-state index is -0.106. The molecule has 40 valence electrons. The smallest absolute Gasteiger partial charge is 0.107 e. The van der Waals surface area contributed by atoms with Crippen LogP contribution in [-0.4, -0.2) is 16.8 Å². The molecule has 1 unspecified atom stereocenters. The highest BCUT2D eigenvalue weighted by Gasteiger charge is 1.88. The maximum Gasteiger partial charge on any atom is 0.107 e. The Balaban J connectivity index is 3.29. The molecule has 0 fully saturated rings. The maximum absolute atomic E-state index is 8.25. The molecule has 0 amide bonds.